The number of carboxylic acid groups (broad SMARTS) is 1. The maximum absolute atomic E-state index is 13.5. The molecule has 3 heterocycles. The second-order valence-corrected chi connectivity index (χ2v) is 9.01. The maximum Gasteiger partial charge on any atom is 0.305 e. The monoisotopic (exact) mass is 386 g/mol. The topological polar surface area (TPSA) is 88.3 Å². The number of hydrogen-bond donors (Lipinski definition) is 1. The zero-order chi connectivity index (χ0) is 20.8. The van der Waals surface area contributed by atoms with Crippen LogP contribution in [0.5, 0.6) is 0 Å². The molecule has 7 heteroatoms. The lowest BCUT2D eigenvalue weighted by atomic mass is 10.0. The summed E-state index contributed by atoms with van der Waals surface area (Å²) in [6.45, 7) is 12.8. The van der Waals surface area contributed by atoms with Crippen LogP contribution in [0.1, 0.15) is 81.5 Å². The second kappa shape index (κ2) is 7.18. The Morgan fingerprint density at radius 1 is 1.32 bits per heavy atom. The average Bonchev–Trinajstić information content (AvgIpc) is 3.17. The third-order valence-electron chi connectivity index (χ3n) is 5.34. The molecule has 152 valence electrons. The van der Waals surface area contributed by atoms with Gasteiger partial charge in [-0.15, -0.1) is 0 Å². The molecule has 1 unspecified atom stereocenters. The van der Waals surface area contributed by atoms with Crippen molar-refractivity contribution in [1.82, 2.24) is 19.7 Å². The molecular formula is C21H30N4O3. The molecule has 0 bridgehead atoms. The van der Waals surface area contributed by atoms with Crippen molar-refractivity contribution in [3.8, 4) is 0 Å². The van der Waals surface area contributed by atoms with Crippen LogP contribution in [0.4, 0.5) is 0 Å². The number of aromatic nitrogens is 3. The fraction of sp³-hybridized carbons (Fsp3) is 0.619. The highest BCUT2D eigenvalue weighted by Gasteiger charge is 2.33. The molecule has 2 aromatic heterocycles. The number of nitrogens with zero attached hydrogens (tertiary/aromatic N) is 4. The minimum Gasteiger partial charge on any atom is -0.481 e. The Labute approximate surface area is 165 Å². The van der Waals surface area contributed by atoms with Crippen LogP contribution in [0.25, 0.3) is 11.0 Å². The predicted molar refractivity (Wildman–Crippen MR) is 108 cm³/mol. The first kappa shape index (κ1) is 20.3. The van der Waals surface area contributed by atoms with E-state index in [1.54, 1.807) is 4.90 Å². The quantitative estimate of drug-likeness (QED) is 0.865. The van der Waals surface area contributed by atoms with Crippen molar-refractivity contribution < 1.29 is 14.7 Å². The summed E-state index contributed by atoms with van der Waals surface area (Å²) < 4.78 is 1.89. The van der Waals surface area contributed by atoms with Crippen molar-refractivity contribution in [2.45, 2.75) is 78.3 Å². The Morgan fingerprint density at radius 2 is 2.00 bits per heavy atom. The first-order chi connectivity index (χ1) is 13.0. The zero-order valence-corrected chi connectivity index (χ0v) is 17.6. The van der Waals surface area contributed by atoms with Crippen molar-refractivity contribution >= 4 is 22.9 Å². The highest BCUT2D eigenvalue weighted by molar-refractivity contribution is 6.07. The van der Waals surface area contributed by atoms with Crippen molar-refractivity contribution in [3.05, 3.63) is 23.0 Å². The molecule has 1 aliphatic heterocycles. The normalized spacial score (nSPS) is 17.7. The van der Waals surface area contributed by atoms with E-state index in [0.29, 0.717) is 17.8 Å². The van der Waals surface area contributed by atoms with E-state index in [1.807, 2.05) is 17.7 Å². The summed E-state index contributed by atoms with van der Waals surface area (Å²) in [5, 5.41) is 14.7. The van der Waals surface area contributed by atoms with Gasteiger partial charge in [0.1, 0.15) is 0 Å². The van der Waals surface area contributed by atoms with Gasteiger partial charge in [0.15, 0.2) is 5.65 Å². The Morgan fingerprint density at radius 3 is 2.57 bits per heavy atom. The number of fused-ring (bicyclic) bond motifs is 1. The van der Waals surface area contributed by atoms with Crippen LogP contribution in [0.15, 0.2) is 6.07 Å². The first-order valence-corrected chi connectivity index (χ1v) is 9.94. The van der Waals surface area contributed by atoms with E-state index in [9.17, 15) is 14.7 Å². The van der Waals surface area contributed by atoms with Gasteiger partial charge >= 0.3 is 5.97 Å². The Balaban J connectivity index is 2.18. The highest BCUT2D eigenvalue weighted by atomic mass is 16.4. The molecule has 1 saturated heterocycles. The fourth-order valence-corrected chi connectivity index (χ4v) is 3.91. The zero-order valence-electron chi connectivity index (χ0n) is 17.6. The molecule has 7 nitrogen and oxygen atoms in total. The van der Waals surface area contributed by atoms with E-state index in [1.165, 1.54) is 0 Å². The molecule has 1 fully saturated rings. The lowest BCUT2D eigenvalue weighted by molar-refractivity contribution is -0.137. The van der Waals surface area contributed by atoms with Crippen LogP contribution >= 0.6 is 0 Å². The number of aliphatic carboxylic acids is 1. The number of carboxylic acids is 1. The number of carbonyl (C=O) groups excluding carboxylic acids is 1. The maximum atomic E-state index is 13.5. The van der Waals surface area contributed by atoms with Crippen molar-refractivity contribution in [2.75, 3.05) is 6.54 Å². The number of pyridine rings is 1. The Kier molecular flexibility index (Phi) is 5.21. The van der Waals surface area contributed by atoms with E-state index in [-0.39, 0.29) is 29.8 Å². The summed E-state index contributed by atoms with van der Waals surface area (Å²) in [6, 6.07) is 1.61. The van der Waals surface area contributed by atoms with E-state index in [0.717, 1.165) is 29.6 Å². The van der Waals surface area contributed by atoms with Gasteiger partial charge in [-0.25, -0.2) is 9.67 Å². The van der Waals surface area contributed by atoms with Crippen molar-refractivity contribution in [1.29, 1.82) is 0 Å². The highest BCUT2D eigenvalue weighted by Crippen LogP contribution is 2.31. The van der Waals surface area contributed by atoms with Gasteiger partial charge in [-0.05, 0) is 52.5 Å². The molecule has 1 N–H and O–H groups in total. The third kappa shape index (κ3) is 3.62. The van der Waals surface area contributed by atoms with E-state index < -0.39 is 5.97 Å². The standard InChI is InChI=1S/C21H30N4O3/c1-12(2)16-11-15(20(28)24-9-7-8-14(24)10-17(26)27)18-13(3)23-25(19(18)22-16)21(4,5)6/h11-12,14H,7-10H2,1-6H3,(H,26,27). The molecular weight excluding hydrogens is 356 g/mol. The molecule has 3 rings (SSSR count). The SMILES string of the molecule is Cc1nn(C(C)(C)C)c2nc(C(C)C)cc(C(=O)N3CCCC3CC(=O)O)c12. The number of likely N-dealkylation sites (tertiary alicyclic amines) is 1. The Hall–Kier alpha value is -2.44. The number of hydrogen-bond acceptors (Lipinski definition) is 4. The van der Waals surface area contributed by atoms with Gasteiger partial charge in [0.25, 0.3) is 5.91 Å². The van der Waals surface area contributed by atoms with Crippen LogP contribution in [-0.2, 0) is 10.3 Å². The van der Waals surface area contributed by atoms with Gasteiger partial charge in [0.05, 0.1) is 28.6 Å². The predicted octanol–water partition coefficient (Wildman–Crippen LogP) is 3.70. The number of rotatable bonds is 4. The molecule has 0 aromatic carbocycles. The van der Waals surface area contributed by atoms with Crippen LogP contribution in [0.3, 0.4) is 0 Å². The summed E-state index contributed by atoms with van der Waals surface area (Å²) >= 11 is 0. The third-order valence-corrected chi connectivity index (χ3v) is 5.34. The molecule has 0 aliphatic carbocycles. The molecule has 2 aromatic rings. The molecule has 28 heavy (non-hydrogen) atoms. The smallest absolute Gasteiger partial charge is 0.305 e. The average molecular weight is 386 g/mol. The lowest BCUT2D eigenvalue weighted by Gasteiger charge is -2.25. The summed E-state index contributed by atoms with van der Waals surface area (Å²) in [5.41, 5.74) is 2.64. The van der Waals surface area contributed by atoms with E-state index >= 15 is 0 Å². The van der Waals surface area contributed by atoms with Gasteiger partial charge in [-0.2, -0.15) is 5.10 Å². The number of amides is 1. The van der Waals surface area contributed by atoms with E-state index in [4.69, 9.17) is 4.98 Å². The van der Waals surface area contributed by atoms with E-state index in [2.05, 4.69) is 39.7 Å². The Bertz CT molecular complexity index is 924. The summed E-state index contributed by atoms with van der Waals surface area (Å²) in [4.78, 5) is 31.3. The molecule has 0 spiro atoms. The largest absolute Gasteiger partial charge is 0.481 e. The van der Waals surface area contributed by atoms with Crippen LogP contribution in [-0.4, -0.2) is 49.2 Å². The molecule has 1 atom stereocenters. The van der Waals surface area contributed by atoms with Gasteiger partial charge < -0.3 is 10.0 Å². The van der Waals surface area contributed by atoms with Gasteiger partial charge in [0.2, 0.25) is 0 Å². The minimum atomic E-state index is -0.871. The molecule has 0 radical (unpaired) electrons. The fourth-order valence-electron chi connectivity index (χ4n) is 3.91. The summed E-state index contributed by atoms with van der Waals surface area (Å²) in [5.74, 6) is -0.827. The second-order valence-electron chi connectivity index (χ2n) is 9.01. The number of carbonyl (C=O) groups is 2. The molecule has 1 amide bonds. The summed E-state index contributed by atoms with van der Waals surface area (Å²) in [6.07, 6.45) is 1.54. The van der Waals surface area contributed by atoms with Crippen molar-refractivity contribution in [3.63, 3.8) is 0 Å². The molecule has 0 saturated carbocycles. The lowest BCUT2D eigenvalue weighted by Crippen LogP contribution is -2.37. The van der Waals surface area contributed by atoms with Crippen molar-refractivity contribution in [2.24, 2.45) is 0 Å². The van der Waals surface area contributed by atoms with Crippen LogP contribution < -0.4 is 0 Å². The van der Waals surface area contributed by atoms with Crippen LogP contribution in [0.2, 0.25) is 0 Å². The van der Waals surface area contributed by atoms with Crippen LogP contribution in [0, 0.1) is 6.92 Å². The van der Waals surface area contributed by atoms with Gasteiger partial charge in [-0.1, -0.05) is 13.8 Å². The summed E-state index contributed by atoms with van der Waals surface area (Å²) in [7, 11) is 0. The first-order valence-electron chi connectivity index (χ1n) is 9.94. The van der Waals surface area contributed by atoms with Gasteiger partial charge in [-0.3, -0.25) is 9.59 Å². The minimum absolute atomic E-state index is 0.0166. The number of aryl methyl sites for hydroxylation is 1. The van der Waals surface area contributed by atoms with Gasteiger partial charge in [0, 0.05) is 18.3 Å². The molecule has 1 aliphatic rings.